The number of amides is 1. The molecule has 1 unspecified atom stereocenters. The summed E-state index contributed by atoms with van der Waals surface area (Å²) in [5.41, 5.74) is 0. The van der Waals surface area contributed by atoms with Gasteiger partial charge in [0.15, 0.2) is 0 Å². The van der Waals surface area contributed by atoms with Gasteiger partial charge in [-0.3, -0.25) is 9.59 Å². The molecule has 0 aromatic rings. The Labute approximate surface area is 108 Å². The molecule has 1 amide bonds. The SMILES string of the molecule is CN1CCCC(NC(=O)[C@@H]2CC[C@H](C(=O)O)C2)C1. The second-order valence-corrected chi connectivity index (χ2v) is 5.66. The van der Waals surface area contributed by atoms with Gasteiger partial charge < -0.3 is 15.3 Å². The van der Waals surface area contributed by atoms with Crippen molar-refractivity contribution in [3.63, 3.8) is 0 Å². The third-order valence-electron chi connectivity index (χ3n) is 4.12. The van der Waals surface area contributed by atoms with E-state index in [2.05, 4.69) is 17.3 Å². The lowest BCUT2D eigenvalue weighted by atomic mass is 10.0. The second-order valence-electron chi connectivity index (χ2n) is 5.66. The van der Waals surface area contributed by atoms with Gasteiger partial charge in [0.05, 0.1) is 5.92 Å². The van der Waals surface area contributed by atoms with Gasteiger partial charge in [0.25, 0.3) is 0 Å². The third-order valence-corrected chi connectivity index (χ3v) is 4.12. The topological polar surface area (TPSA) is 69.6 Å². The number of likely N-dealkylation sites (tertiary alicyclic amines) is 1. The van der Waals surface area contributed by atoms with Crippen molar-refractivity contribution in [2.45, 2.75) is 38.1 Å². The molecule has 1 aliphatic heterocycles. The van der Waals surface area contributed by atoms with E-state index in [4.69, 9.17) is 5.11 Å². The Morgan fingerprint density at radius 1 is 1.22 bits per heavy atom. The minimum Gasteiger partial charge on any atom is -0.481 e. The number of hydrogen-bond donors (Lipinski definition) is 2. The third kappa shape index (κ3) is 3.22. The van der Waals surface area contributed by atoms with Crippen LogP contribution < -0.4 is 5.32 Å². The fourth-order valence-electron chi connectivity index (χ4n) is 3.05. The predicted octanol–water partition coefficient (Wildman–Crippen LogP) is 0.698. The fraction of sp³-hybridized carbons (Fsp3) is 0.846. The number of hydrogen-bond acceptors (Lipinski definition) is 3. The van der Waals surface area contributed by atoms with Crippen LogP contribution in [0.1, 0.15) is 32.1 Å². The summed E-state index contributed by atoms with van der Waals surface area (Å²) in [6.07, 6.45) is 4.00. The van der Waals surface area contributed by atoms with Crippen LogP contribution in [0.15, 0.2) is 0 Å². The number of carbonyl (C=O) groups is 2. The Bertz CT molecular complexity index is 332. The zero-order valence-electron chi connectivity index (χ0n) is 10.9. The molecule has 2 aliphatic rings. The summed E-state index contributed by atoms with van der Waals surface area (Å²) in [5.74, 6) is -1.13. The number of carbonyl (C=O) groups excluding carboxylic acids is 1. The van der Waals surface area contributed by atoms with Crippen LogP contribution in [-0.4, -0.2) is 48.1 Å². The van der Waals surface area contributed by atoms with E-state index in [0.29, 0.717) is 19.3 Å². The first-order chi connectivity index (χ1) is 8.56. The van der Waals surface area contributed by atoms with Crippen molar-refractivity contribution in [2.24, 2.45) is 11.8 Å². The van der Waals surface area contributed by atoms with Crippen LogP contribution in [0.2, 0.25) is 0 Å². The minimum absolute atomic E-state index is 0.0547. The van der Waals surface area contributed by atoms with Gasteiger partial charge in [-0.15, -0.1) is 0 Å². The Morgan fingerprint density at radius 3 is 2.56 bits per heavy atom. The predicted molar refractivity (Wildman–Crippen MR) is 67.1 cm³/mol. The van der Waals surface area contributed by atoms with Gasteiger partial charge in [0.1, 0.15) is 0 Å². The van der Waals surface area contributed by atoms with Gasteiger partial charge in [-0.2, -0.15) is 0 Å². The molecule has 0 spiro atoms. The Morgan fingerprint density at radius 2 is 1.94 bits per heavy atom. The van der Waals surface area contributed by atoms with E-state index in [1.165, 1.54) is 0 Å². The van der Waals surface area contributed by atoms with E-state index in [0.717, 1.165) is 25.9 Å². The molecule has 0 bridgehead atoms. The summed E-state index contributed by atoms with van der Waals surface area (Å²) in [4.78, 5) is 25.2. The standard InChI is InChI=1S/C13H22N2O3/c1-15-6-2-3-11(8-15)14-12(16)9-4-5-10(7-9)13(17)18/h9-11H,2-8H2,1H3,(H,14,16)(H,17,18)/t9-,10+,11?/m1/s1. The van der Waals surface area contributed by atoms with E-state index in [1.54, 1.807) is 0 Å². The molecule has 0 radical (unpaired) electrons. The lowest BCUT2D eigenvalue weighted by Crippen LogP contribution is -2.47. The highest BCUT2D eigenvalue weighted by molar-refractivity contribution is 5.81. The molecule has 1 saturated heterocycles. The van der Waals surface area contributed by atoms with Crippen LogP contribution in [0.4, 0.5) is 0 Å². The normalized spacial score (nSPS) is 33.3. The maximum atomic E-state index is 12.1. The van der Waals surface area contributed by atoms with Crippen molar-refractivity contribution < 1.29 is 14.7 Å². The number of carboxylic acids is 1. The lowest BCUT2D eigenvalue weighted by molar-refractivity contribution is -0.141. The van der Waals surface area contributed by atoms with Crippen LogP contribution in [0.5, 0.6) is 0 Å². The van der Waals surface area contributed by atoms with Crippen molar-refractivity contribution in [3.8, 4) is 0 Å². The van der Waals surface area contributed by atoms with Crippen molar-refractivity contribution in [2.75, 3.05) is 20.1 Å². The quantitative estimate of drug-likeness (QED) is 0.778. The first-order valence-corrected chi connectivity index (χ1v) is 6.78. The van der Waals surface area contributed by atoms with Crippen molar-refractivity contribution in [1.82, 2.24) is 10.2 Å². The van der Waals surface area contributed by atoms with E-state index in [1.807, 2.05) is 0 Å². The molecule has 0 aromatic heterocycles. The Hall–Kier alpha value is -1.10. The van der Waals surface area contributed by atoms with Crippen molar-refractivity contribution >= 4 is 11.9 Å². The number of aliphatic carboxylic acids is 1. The molecule has 3 atom stereocenters. The van der Waals surface area contributed by atoms with Crippen molar-refractivity contribution in [1.29, 1.82) is 0 Å². The number of nitrogens with one attached hydrogen (secondary N) is 1. The maximum absolute atomic E-state index is 12.1. The monoisotopic (exact) mass is 254 g/mol. The fourth-order valence-corrected chi connectivity index (χ4v) is 3.05. The Balaban J connectivity index is 1.80. The highest BCUT2D eigenvalue weighted by atomic mass is 16.4. The van der Waals surface area contributed by atoms with E-state index >= 15 is 0 Å². The van der Waals surface area contributed by atoms with Gasteiger partial charge in [-0.25, -0.2) is 0 Å². The number of rotatable bonds is 3. The number of carboxylic acid groups (broad SMARTS) is 1. The molecule has 1 saturated carbocycles. The summed E-state index contributed by atoms with van der Waals surface area (Å²) < 4.78 is 0. The molecule has 1 aliphatic carbocycles. The summed E-state index contributed by atoms with van der Waals surface area (Å²) in [6, 6.07) is 0.236. The molecule has 1 heterocycles. The van der Waals surface area contributed by atoms with Crippen LogP contribution in [0.3, 0.4) is 0 Å². The number of likely N-dealkylation sites (N-methyl/N-ethyl adjacent to an activating group) is 1. The molecular weight excluding hydrogens is 232 g/mol. The van der Waals surface area contributed by atoms with E-state index < -0.39 is 5.97 Å². The number of piperidine rings is 1. The van der Waals surface area contributed by atoms with Crippen LogP contribution in [-0.2, 0) is 9.59 Å². The minimum atomic E-state index is -0.761. The molecule has 2 fully saturated rings. The number of nitrogens with zero attached hydrogens (tertiary/aromatic N) is 1. The maximum Gasteiger partial charge on any atom is 0.306 e. The molecule has 2 N–H and O–H groups in total. The van der Waals surface area contributed by atoms with Gasteiger partial charge >= 0.3 is 5.97 Å². The average Bonchev–Trinajstić information content (AvgIpc) is 2.78. The second kappa shape index (κ2) is 5.69. The molecule has 102 valence electrons. The summed E-state index contributed by atoms with van der Waals surface area (Å²) >= 11 is 0. The molecule has 0 aromatic carbocycles. The van der Waals surface area contributed by atoms with Crippen LogP contribution in [0.25, 0.3) is 0 Å². The molecular formula is C13H22N2O3. The van der Waals surface area contributed by atoms with Crippen molar-refractivity contribution in [3.05, 3.63) is 0 Å². The first kappa shape index (κ1) is 13.3. The average molecular weight is 254 g/mol. The molecule has 5 heteroatoms. The summed E-state index contributed by atoms with van der Waals surface area (Å²) in [6.45, 7) is 2.00. The van der Waals surface area contributed by atoms with E-state index in [9.17, 15) is 9.59 Å². The molecule has 5 nitrogen and oxygen atoms in total. The van der Waals surface area contributed by atoms with Gasteiger partial charge in [0.2, 0.25) is 5.91 Å². The molecule has 2 rings (SSSR count). The van der Waals surface area contributed by atoms with Gasteiger partial charge in [-0.05, 0) is 45.7 Å². The highest BCUT2D eigenvalue weighted by Crippen LogP contribution is 2.31. The largest absolute Gasteiger partial charge is 0.481 e. The summed E-state index contributed by atoms with van der Waals surface area (Å²) in [7, 11) is 2.06. The zero-order chi connectivity index (χ0) is 13.1. The summed E-state index contributed by atoms with van der Waals surface area (Å²) in [5, 5.41) is 12.0. The van der Waals surface area contributed by atoms with Crippen LogP contribution in [0, 0.1) is 11.8 Å². The molecule has 18 heavy (non-hydrogen) atoms. The first-order valence-electron chi connectivity index (χ1n) is 6.78. The van der Waals surface area contributed by atoms with Gasteiger partial charge in [0, 0.05) is 18.5 Å². The van der Waals surface area contributed by atoms with E-state index in [-0.39, 0.29) is 23.8 Å². The smallest absolute Gasteiger partial charge is 0.306 e. The van der Waals surface area contributed by atoms with Crippen LogP contribution >= 0.6 is 0 Å². The zero-order valence-corrected chi connectivity index (χ0v) is 10.9. The lowest BCUT2D eigenvalue weighted by Gasteiger charge is -2.30. The van der Waals surface area contributed by atoms with Gasteiger partial charge in [-0.1, -0.05) is 0 Å². The highest BCUT2D eigenvalue weighted by Gasteiger charge is 2.34. The Kier molecular flexibility index (Phi) is 4.22.